The Morgan fingerprint density at radius 3 is 2.78 bits per heavy atom. The number of hydrogen-bond acceptors (Lipinski definition) is 3. The first kappa shape index (κ1) is 16.3. The van der Waals surface area contributed by atoms with Crippen LogP contribution in [0.15, 0.2) is 12.4 Å². The van der Waals surface area contributed by atoms with Crippen LogP contribution >= 0.6 is 0 Å². The van der Waals surface area contributed by atoms with Crippen LogP contribution in [0.1, 0.15) is 50.3 Å². The third-order valence-corrected chi connectivity index (χ3v) is 5.02. The Morgan fingerprint density at radius 2 is 2.04 bits per heavy atom. The molecule has 2 aliphatic rings. The van der Waals surface area contributed by atoms with E-state index in [-0.39, 0.29) is 6.03 Å². The predicted molar refractivity (Wildman–Crippen MR) is 90.4 cm³/mol. The van der Waals surface area contributed by atoms with Gasteiger partial charge >= 0.3 is 6.03 Å². The average Bonchev–Trinajstić information content (AvgIpc) is 3.00. The summed E-state index contributed by atoms with van der Waals surface area (Å²) in [6.07, 6.45) is 11.1. The van der Waals surface area contributed by atoms with Gasteiger partial charge in [-0.15, -0.1) is 0 Å². The van der Waals surface area contributed by atoms with Gasteiger partial charge in [0, 0.05) is 44.5 Å². The molecule has 3 rings (SSSR count). The van der Waals surface area contributed by atoms with E-state index < -0.39 is 0 Å². The van der Waals surface area contributed by atoms with Crippen molar-refractivity contribution in [2.24, 2.45) is 0 Å². The summed E-state index contributed by atoms with van der Waals surface area (Å²) in [5, 5.41) is 3.10. The maximum Gasteiger partial charge on any atom is 0.317 e. The van der Waals surface area contributed by atoms with Gasteiger partial charge in [0.1, 0.15) is 5.82 Å². The molecule has 0 aromatic carbocycles. The number of amides is 2. The number of carbonyl (C=O) groups is 1. The molecule has 0 saturated carbocycles. The van der Waals surface area contributed by atoms with Crippen LogP contribution in [-0.4, -0.2) is 65.1 Å². The Labute approximate surface area is 138 Å². The molecule has 2 saturated heterocycles. The highest BCUT2D eigenvalue weighted by atomic mass is 16.2. The van der Waals surface area contributed by atoms with Gasteiger partial charge in [-0.05, 0) is 38.8 Å². The molecular weight excluding hydrogens is 290 g/mol. The summed E-state index contributed by atoms with van der Waals surface area (Å²) < 4.78 is 0. The first-order valence-corrected chi connectivity index (χ1v) is 9.07. The summed E-state index contributed by atoms with van der Waals surface area (Å²) in [4.78, 5) is 24.3. The van der Waals surface area contributed by atoms with Crippen LogP contribution in [0.3, 0.4) is 0 Å². The van der Waals surface area contributed by atoms with Gasteiger partial charge in [-0.25, -0.2) is 9.78 Å². The van der Waals surface area contributed by atoms with Crippen LogP contribution in [0.2, 0.25) is 0 Å². The molecule has 6 heteroatoms. The second kappa shape index (κ2) is 8.34. The zero-order chi connectivity index (χ0) is 15.9. The molecule has 23 heavy (non-hydrogen) atoms. The van der Waals surface area contributed by atoms with Gasteiger partial charge in [0.15, 0.2) is 0 Å². The molecule has 2 N–H and O–H groups in total. The van der Waals surface area contributed by atoms with Gasteiger partial charge < -0.3 is 20.1 Å². The number of urea groups is 1. The summed E-state index contributed by atoms with van der Waals surface area (Å²) in [6, 6.07) is 0.0797. The number of hydrogen-bond donors (Lipinski definition) is 2. The summed E-state index contributed by atoms with van der Waals surface area (Å²) in [6.45, 7) is 5.71. The molecule has 6 nitrogen and oxygen atoms in total. The Morgan fingerprint density at radius 1 is 1.22 bits per heavy atom. The Balaban J connectivity index is 1.40. The lowest BCUT2D eigenvalue weighted by molar-refractivity contribution is 0.176. The topological polar surface area (TPSA) is 64.3 Å². The van der Waals surface area contributed by atoms with E-state index in [2.05, 4.69) is 20.2 Å². The normalized spacial score (nSPS) is 23.5. The second-order valence-corrected chi connectivity index (χ2v) is 6.75. The van der Waals surface area contributed by atoms with Crippen LogP contribution in [0.4, 0.5) is 4.79 Å². The molecule has 0 spiro atoms. The van der Waals surface area contributed by atoms with Crippen molar-refractivity contribution in [3.63, 3.8) is 0 Å². The predicted octanol–water partition coefficient (Wildman–Crippen LogP) is 2.17. The van der Waals surface area contributed by atoms with Crippen LogP contribution < -0.4 is 5.32 Å². The third kappa shape index (κ3) is 4.70. The highest BCUT2D eigenvalue weighted by molar-refractivity contribution is 5.74. The summed E-state index contributed by atoms with van der Waals surface area (Å²) in [5.41, 5.74) is 0. The number of carbonyl (C=O) groups excluding carboxylic acids is 1. The van der Waals surface area contributed by atoms with Gasteiger partial charge in [-0.1, -0.05) is 12.8 Å². The number of nitrogens with zero attached hydrogens (tertiary/aromatic N) is 3. The Kier molecular flexibility index (Phi) is 5.91. The molecular formula is C17H29N5O. The molecule has 2 fully saturated rings. The fraction of sp³-hybridized carbons (Fsp3) is 0.765. The molecule has 128 valence electrons. The molecule has 1 aromatic heterocycles. The van der Waals surface area contributed by atoms with Crippen LogP contribution in [0, 0.1) is 0 Å². The maximum atomic E-state index is 12.4. The maximum absolute atomic E-state index is 12.4. The van der Waals surface area contributed by atoms with Crippen molar-refractivity contribution in [2.45, 2.75) is 44.4 Å². The molecule has 0 aliphatic carbocycles. The van der Waals surface area contributed by atoms with E-state index in [1.807, 2.05) is 11.1 Å². The molecule has 2 amide bonds. The van der Waals surface area contributed by atoms with Crippen molar-refractivity contribution in [3.8, 4) is 0 Å². The minimum Gasteiger partial charge on any atom is -0.348 e. The zero-order valence-electron chi connectivity index (χ0n) is 14.0. The van der Waals surface area contributed by atoms with Crippen molar-refractivity contribution in [2.75, 3.05) is 39.3 Å². The number of aromatic amines is 1. The first-order chi connectivity index (χ1) is 11.3. The number of likely N-dealkylation sites (tertiary alicyclic amines) is 2. The number of aromatic nitrogens is 2. The summed E-state index contributed by atoms with van der Waals surface area (Å²) >= 11 is 0. The minimum absolute atomic E-state index is 0.0797. The number of imidazole rings is 1. The van der Waals surface area contributed by atoms with E-state index in [0.29, 0.717) is 5.92 Å². The van der Waals surface area contributed by atoms with Crippen molar-refractivity contribution >= 4 is 6.03 Å². The largest absolute Gasteiger partial charge is 0.348 e. The van der Waals surface area contributed by atoms with Crippen LogP contribution in [0.5, 0.6) is 0 Å². The molecule has 1 unspecified atom stereocenters. The van der Waals surface area contributed by atoms with Gasteiger partial charge in [0.2, 0.25) is 0 Å². The lowest BCUT2D eigenvalue weighted by Crippen LogP contribution is -2.47. The van der Waals surface area contributed by atoms with Crippen molar-refractivity contribution in [1.82, 2.24) is 25.1 Å². The number of piperidine rings is 1. The van der Waals surface area contributed by atoms with E-state index in [1.165, 1.54) is 38.8 Å². The fourth-order valence-electron chi connectivity index (χ4n) is 3.68. The van der Waals surface area contributed by atoms with E-state index in [9.17, 15) is 4.79 Å². The quantitative estimate of drug-likeness (QED) is 0.894. The molecule has 3 heterocycles. The van der Waals surface area contributed by atoms with Gasteiger partial charge in [-0.2, -0.15) is 0 Å². The van der Waals surface area contributed by atoms with E-state index in [0.717, 1.165) is 44.8 Å². The lowest BCUT2D eigenvalue weighted by atomic mass is 9.98. The number of H-pyrrole nitrogens is 1. The third-order valence-electron chi connectivity index (χ3n) is 5.02. The van der Waals surface area contributed by atoms with Crippen molar-refractivity contribution in [1.29, 1.82) is 0 Å². The Hall–Kier alpha value is -1.56. The number of rotatable bonds is 4. The highest BCUT2D eigenvalue weighted by Gasteiger charge is 2.25. The Bertz CT molecular complexity index is 467. The van der Waals surface area contributed by atoms with Crippen LogP contribution in [0.25, 0.3) is 0 Å². The minimum atomic E-state index is 0.0797. The van der Waals surface area contributed by atoms with Gasteiger partial charge in [0.05, 0.1) is 0 Å². The standard InChI is InChI=1S/C17H29N5O/c23-17(20-9-13-21-10-3-1-2-4-11-21)22-12-5-6-15(14-22)16-18-7-8-19-16/h7-8,15H,1-6,9-14H2,(H,18,19)(H,20,23). The van der Waals surface area contributed by atoms with Crippen molar-refractivity contribution < 1.29 is 4.79 Å². The molecule has 1 atom stereocenters. The first-order valence-electron chi connectivity index (χ1n) is 9.07. The van der Waals surface area contributed by atoms with E-state index in [1.54, 1.807) is 6.20 Å². The summed E-state index contributed by atoms with van der Waals surface area (Å²) in [7, 11) is 0. The average molecular weight is 319 g/mol. The fourth-order valence-corrected chi connectivity index (χ4v) is 3.68. The summed E-state index contributed by atoms with van der Waals surface area (Å²) in [5.74, 6) is 1.35. The molecule has 0 bridgehead atoms. The number of nitrogens with one attached hydrogen (secondary N) is 2. The van der Waals surface area contributed by atoms with Crippen LogP contribution in [-0.2, 0) is 0 Å². The highest BCUT2D eigenvalue weighted by Crippen LogP contribution is 2.24. The lowest BCUT2D eigenvalue weighted by Gasteiger charge is -2.32. The van der Waals surface area contributed by atoms with E-state index >= 15 is 0 Å². The van der Waals surface area contributed by atoms with Crippen molar-refractivity contribution in [3.05, 3.63) is 18.2 Å². The molecule has 2 aliphatic heterocycles. The van der Waals surface area contributed by atoms with Gasteiger partial charge in [-0.3, -0.25) is 0 Å². The zero-order valence-corrected chi connectivity index (χ0v) is 14.0. The molecule has 1 aromatic rings. The molecule has 0 radical (unpaired) electrons. The SMILES string of the molecule is O=C(NCCN1CCCCCC1)N1CCCC(c2ncc[nH]2)C1. The van der Waals surface area contributed by atoms with Gasteiger partial charge in [0.25, 0.3) is 0 Å². The monoisotopic (exact) mass is 319 g/mol. The van der Waals surface area contributed by atoms with E-state index in [4.69, 9.17) is 0 Å². The second-order valence-electron chi connectivity index (χ2n) is 6.75. The smallest absolute Gasteiger partial charge is 0.317 e.